The van der Waals surface area contributed by atoms with Gasteiger partial charge in [0.15, 0.2) is 0 Å². The Balaban J connectivity index is 1.88. The van der Waals surface area contributed by atoms with Crippen LogP contribution in [0.3, 0.4) is 0 Å². The molecule has 0 unspecified atom stereocenters. The second-order valence-electron chi connectivity index (χ2n) is 4.17. The molecule has 6 nitrogen and oxygen atoms in total. The van der Waals surface area contributed by atoms with Crippen molar-refractivity contribution in [2.45, 2.75) is 19.4 Å². The number of carbonyl (C=O) groups is 1. The van der Waals surface area contributed by atoms with Crippen LogP contribution < -0.4 is 5.32 Å². The molecule has 2 heterocycles. The molecule has 88 valence electrons. The zero-order valence-electron chi connectivity index (χ0n) is 9.44. The molecule has 0 saturated carbocycles. The summed E-state index contributed by atoms with van der Waals surface area (Å²) in [6.07, 6.45) is 3.51. The summed E-state index contributed by atoms with van der Waals surface area (Å²) in [4.78, 5) is 17.8. The van der Waals surface area contributed by atoms with Gasteiger partial charge in [0.2, 0.25) is 5.91 Å². The SMILES string of the molecule is CN(Cc1ncn[nH]1)C(=O)[C@H]1CCCNC1. The summed E-state index contributed by atoms with van der Waals surface area (Å²) in [5.41, 5.74) is 0. The van der Waals surface area contributed by atoms with Crippen molar-refractivity contribution in [3.63, 3.8) is 0 Å². The Morgan fingerprint density at radius 3 is 3.19 bits per heavy atom. The number of nitrogens with one attached hydrogen (secondary N) is 2. The van der Waals surface area contributed by atoms with Gasteiger partial charge in [-0.2, -0.15) is 5.10 Å². The molecule has 0 aliphatic carbocycles. The van der Waals surface area contributed by atoms with Crippen LogP contribution in [0.2, 0.25) is 0 Å². The van der Waals surface area contributed by atoms with E-state index in [1.54, 1.807) is 11.9 Å². The lowest BCUT2D eigenvalue weighted by Crippen LogP contribution is -2.41. The Kier molecular flexibility index (Phi) is 3.51. The van der Waals surface area contributed by atoms with Gasteiger partial charge in [0.25, 0.3) is 0 Å². The normalized spacial score (nSPS) is 20.7. The van der Waals surface area contributed by atoms with Crippen molar-refractivity contribution in [3.8, 4) is 0 Å². The van der Waals surface area contributed by atoms with Crippen molar-refractivity contribution in [1.82, 2.24) is 25.4 Å². The van der Waals surface area contributed by atoms with Crippen molar-refractivity contribution in [2.24, 2.45) is 5.92 Å². The molecule has 0 aromatic carbocycles. The highest BCUT2D eigenvalue weighted by molar-refractivity contribution is 5.78. The highest BCUT2D eigenvalue weighted by atomic mass is 16.2. The number of piperidine rings is 1. The van der Waals surface area contributed by atoms with E-state index in [1.807, 2.05) is 0 Å². The first-order valence-corrected chi connectivity index (χ1v) is 5.57. The van der Waals surface area contributed by atoms with Crippen LogP contribution in [0.15, 0.2) is 6.33 Å². The zero-order chi connectivity index (χ0) is 11.4. The summed E-state index contributed by atoms with van der Waals surface area (Å²) < 4.78 is 0. The Hall–Kier alpha value is -1.43. The minimum atomic E-state index is 0.113. The lowest BCUT2D eigenvalue weighted by atomic mass is 9.98. The molecule has 0 radical (unpaired) electrons. The van der Waals surface area contributed by atoms with Crippen LogP contribution in [-0.2, 0) is 11.3 Å². The average molecular weight is 223 g/mol. The quantitative estimate of drug-likeness (QED) is 0.742. The molecule has 0 spiro atoms. The molecule has 1 saturated heterocycles. The zero-order valence-corrected chi connectivity index (χ0v) is 9.44. The van der Waals surface area contributed by atoms with Gasteiger partial charge in [0.1, 0.15) is 12.2 Å². The molecular formula is C10H17N5O. The molecule has 2 rings (SSSR count). The van der Waals surface area contributed by atoms with E-state index in [4.69, 9.17) is 0 Å². The molecule has 1 fully saturated rings. The molecule has 0 bridgehead atoms. The third-order valence-electron chi connectivity index (χ3n) is 2.87. The molecule has 1 aliphatic rings. The van der Waals surface area contributed by atoms with Gasteiger partial charge in [-0.1, -0.05) is 0 Å². The molecule has 1 aliphatic heterocycles. The van der Waals surface area contributed by atoms with E-state index in [2.05, 4.69) is 20.5 Å². The maximum atomic E-state index is 12.0. The molecule has 2 N–H and O–H groups in total. The fraction of sp³-hybridized carbons (Fsp3) is 0.700. The smallest absolute Gasteiger partial charge is 0.227 e. The van der Waals surface area contributed by atoms with Crippen LogP contribution in [0.5, 0.6) is 0 Å². The van der Waals surface area contributed by atoms with Crippen LogP contribution in [0.4, 0.5) is 0 Å². The second-order valence-corrected chi connectivity index (χ2v) is 4.17. The summed E-state index contributed by atoms with van der Waals surface area (Å²) in [7, 11) is 1.81. The summed E-state index contributed by atoms with van der Waals surface area (Å²) >= 11 is 0. The lowest BCUT2D eigenvalue weighted by Gasteiger charge is -2.26. The largest absolute Gasteiger partial charge is 0.338 e. The van der Waals surface area contributed by atoms with Gasteiger partial charge in [0.05, 0.1) is 12.5 Å². The highest BCUT2D eigenvalue weighted by Crippen LogP contribution is 2.13. The van der Waals surface area contributed by atoms with Crippen molar-refractivity contribution in [2.75, 3.05) is 20.1 Å². The van der Waals surface area contributed by atoms with E-state index < -0.39 is 0 Å². The molecular weight excluding hydrogens is 206 g/mol. The predicted octanol–water partition coefficient (Wildman–Crippen LogP) is -0.237. The number of amides is 1. The van der Waals surface area contributed by atoms with E-state index in [1.165, 1.54) is 6.33 Å². The summed E-state index contributed by atoms with van der Waals surface area (Å²) in [5, 5.41) is 9.76. The fourth-order valence-electron chi connectivity index (χ4n) is 1.98. The molecule has 1 amide bonds. The Bertz CT molecular complexity index is 331. The number of rotatable bonds is 3. The van der Waals surface area contributed by atoms with Gasteiger partial charge >= 0.3 is 0 Å². The van der Waals surface area contributed by atoms with E-state index in [9.17, 15) is 4.79 Å². The first-order valence-electron chi connectivity index (χ1n) is 5.57. The lowest BCUT2D eigenvalue weighted by molar-refractivity contribution is -0.135. The standard InChI is InChI=1S/C10H17N5O/c1-15(6-9-12-7-13-14-9)10(16)8-3-2-4-11-5-8/h7-8,11H,2-6H2,1H3,(H,12,13,14)/t8-/m0/s1. The van der Waals surface area contributed by atoms with E-state index >= 15 is 0 Å². The maximum absolute atomic E-state index is 12.0. The molecule has 1 atom stereocenters. The Morgan fingerprint density at radius 1 is 1.69 bits per heavy atom. The topological polar surface area (TPSA) is 73.9 Å². The average Bonchev–Trinajstić information content (AvgIpc) is 2.82. The van der Waals surface area contributed by atoms with Gasteiger partial charge in [-0.25, -0.2) is 4.98 Å². The predicted molar refractivity (Wildman–Crippen MR) is 58.5 cm³/mol. The van der Waals surface area contributed by atoms with Crippen LogP contribution in [0, 0.1) is 5.92 Å². The number of carbonyl (C=O) groups excluding carboxylic acids is 1. The van der Waals surface area contributed by atoms with Crippen LogP contribution in [0.1, 0.15) is 18.7 Å². The minimum absolute atomic E-state index is 0.113. The second kappa shape index (κ2) is 5.07. The molecule has 1 aromatic rings. The van der Waals surface area contributed by atoms with Gasteiger partial charge in [-0.3, -0.25) is 9.89 Å². The van der Waals surface area contributed by atoms with Crippen LogP contribution in [-0.4, -0.2) is 46.1 Å². The van der Waals surface area contributed by atoms with E-state index in [0.717, 1.165) is 31.8 Å². The molecule has 1 aromatic heterocycles. The van der Waals surface area contributed by atoms with Crippen LogP contribution in [0.25, 0.3) is 0 Å². The van der Waals surface area contributed by atoms with Crippen LogP contribution >= 0.6 is 0 Å². The summed E-state index contributed by atoms with van der Waals surface area (Å²) in [6.45, 7) is 2.31. The first kappa shape index (κ1) is 11.1. The Labute approximate surface area is 94.4 Å². The minimum Gasteiger partial charge on any atom is -0.338 e. The number of aromatic amines is 1. The van der Waals surface area contributed by atoms with Crippen molar-refractivity contribution in [1.29, 1.82) is 0 Å². The van der Waals surface area contributed by atoms with Crippen molar-refractivity contribution in [3.05, 3.63) is 12.2 Å². The van der Waals surface area contributed by atoms with Gasteiger partial charge in [-0.15, -0.1) is 0 Å². The summed E-state index contributed by atoms with van der Waals surface area (Å²) in [5.74, 6) is 1.02. The molecule has 6 heteroatoms. The molecule has 16 heavy (non-hydrogen) atoms. The van der Waals surface area contributed by atoms with Gasteiger partial charge < -0.3 is 10.2 Å². The number of hydrogen-bond donors (Lipinski definition) is 2. The van der Waals surface area contributed by atoms with Gasteiger partial charge in [-0.05, 0) is 19.4 Å². The van der Waals surface area contributed by atoms with E-state index in [-0.39, 0.29) is 11.8 Å². The Morgan fingerprint density at radius 2 is 2.56 bits per heavy atom. The monoisotopic (exact) mass is 223 g/mol. The summed E-state index contributed by atoms with van der Waals surface area (Å²) in [6, 6.07) is 0. The number of nitrogens with zero attached hydrogens (tertiary/aromatic N) is 3. The third-order valence-corrected chi connectivity index (χ3v) is 2.87. The van der Waals surface area contributed by atoms with E-state index in [0.29, 0.717) is 6.54 Å². The van der Waals surface area contributed by atoms with Gasteiger partial charge in [0, 0.05) is 13.6 Å². The highest BCUT2D eigenvalue weighted by Gasteiger charge is 2.24. The third kappa shape index (κ3) is 2.57. The maximum Gasteiger partial charge on any atom is 0.227 e. The number of aromatic nitrogens is 3. The fourth-order valence-corrected chi connectivity index (χ4v) is 1.98. The number of H-pyrrole nitrogens is 1. The number of hydrogen-bond acceptors (Lipinski definition) is 4. The van der Waals surface area contributed by atoms with Crippen molar-refractivity contribution < 1.29 is 4.79 Å². The first-order chi connectivity index (χ1) is 7.77. The van der Waals surface area contributed by atoms with Crippen molar-refractivity contribution >= 4 is 5.91 Å².